The van der Waals surface area contributed by atoms with Gasteiger partial charge in [-0.05, 0) is 49.4 Å². The molecule has 7 heteroatoms. The Morgan fingerprint density at radius 1 is 1.30 bits per heavy atom. The molecule has 0 aromatic carbocycles. The number of nitrogens with zero attached hydrogens (tertiary/aromatic N) is 2. The molecule has 2 saturated heterocycles. The zero-order chi connectivity index (χ0) is 20.6. The number of carbonyl (C=O) groups is 1. The number of aromatic nitrogens is 1. The predicted octanol–water partition coefficient (Wildman–Crippen LogP) is 3.64. The fourth-order valence-electron chi connectivity index (χ4n) is 4.89. The standard InChI is InChI=1S/C23H28N2O4S/c1-27-17-4-5-19(24-14-17)21-13-18-20(30-21)6-12-29-23(18)7-9-25(10-8-23)22(26)16-3-2-11-28-15-16/h4-5,13-14,16H,2-3,6-12,15H2,1H3. The van der Waals surface area contributed by atoms with Crippen molar-refractivity contribution >= 4 is 17.2 Å². The van der Waals surface area contributed by atoms with Crippen molar-refractivity contribution in [2.24, 2.45) is 5.92 Å². The summed E-state index contributed by atoms with van der Waals surface area (Å²) in [6.45, 7) is 3.60. The molecule has 0 radical (unpaired) electrons. The molecular weight excluding hydrogens is 400 g/mol. The van der Waals surface area contributed by atoms with Crippen LogP contribution in [0.15, 0.2) is 24.4 Å². The lowest BCUT2D eigenvalue weighted by Gasteiger charge is -2.44. The highest BCUT2D eigenvalue weighted by atomic mass is 32.1. The first-order valence-corrected chi connectivity index (χ1v) is 11.6. The van der Waals surface area contributed by atoms with Crippen LogP contribution in [0.5, 0.6) is 5.75 Å². The van der Waals surface area contributed by atoms with Crippen LogP contribution in [0.2, 0.25) is 0 Å². The Kier molecular flexibility index (Phi) is 5.52. The molecule has 1 amide bonds. The number of thiophene rings is 1. The summed E-state index contributed by atoms with van der Waals surface area (Å²) in [7, 11) is 1.65. The lowest BCUT2D eigenvalue weighted by molar-refractivity contribution is -0.148. The second-order valence-electron chi connectivity index (χ2n) is 8.36. The first-order chi connectivity index (χ1) is 14.7. The van der Waals surface area contributed by atoms with Crippen LogP contribution in [-0.4, -0.2) is 55.8 Å². The van der Waals surface area contributed by atoms with Crippen LogP contribution in [0.1, 0.15) is 36.1 Å². The van der Waals surface area contributed by atoms with E-state index in [0.29, 0.717) is 6.61 Å². The van der Waals surface area contributed by atoms with Crippen molar-refractivity contribution in [3.8, 4) is 16.3 Å². The third-order valence-electron chi connectivity index (χ3n) is 6.62. The third-order valence-corrected chi connectivity index (χ3v) is 7.84. The number of hydrogen-bond acceptors (Lipinski definition) is 6. The van der Waals surface area contributed by atoms with Crippen LogP contribution < -0.4 is 4.74 Å². The number of rotatable bonds is 3. The summed E-state index contributed by atoms with van der Waals surface area (Å²) in [6, 6.07) is 6.23. The average molecular weight is 429 g/mol. The van der Waals surface area contributed by atoms with E-state index in [-0.39, 0.29) is 17.4 Å². The van der Waals surface area contributed by atoms with Gasteiger partial charge in [-0.1, -0.05) is 0 Å². The topological polar surface area (TPSA) is 60.9 Å². The van der Waals surface area contributed by atoms with Crippen LogP contribution in [-0.2, 0) is 26.3 Å². The number of piperidine rings is 1. The highest BCUT2D eigenvalue weighted by Gasteiger charge is 2.43. The quantitative estimate of drug-likeness (QED) is 0.747. The van der Waals surface area contributed by atoms with E-state index < -0.39 is 0 Å². The summed E-state index contributed by atoms with van der Waals surface area (Å²) in [5.41, 5.74) is 2.00. The summed E-state index contributed by atoms with van der Waals surface area (Å²) in [4.78, 5) is 22.1. The number of pyridine rings is 1. The molecule has 1 atom stereocenters. The van der Waals surface area contributed by atoms with E-state index in [0.717, 1.165) is 69.9 Å². The van der Waals surface area contributed by atoms with E-state index in [1.54, 1.807) is 13.3 Å². The highest BCUT2D eigenvalue weighted by molar-refractivity contribution is 7.15. The number of amides is 1. The highest BCUT2D eigenvalue weighted by Crippen LogP contribution is 2.46. The molecule has 6 nitrogen and oxygen atoms in total. The fourth-order valence-corrected chi connectivity index (χ4v) is 6.09. The Hall–Kier alpha value is -1.96. The van der Waals surface area contributed by atoms with Gasteiger partial charge in [0.05, 0.1) is 48.6 Å². The van der Waals surface area contributed by atoms with Gasteiger partial charge in [0, 0.05) is 31.0 Å². The Morgan fingerprint density at radius 2 is 2.17 bits per heavy atom. The van der Waals surface area contributed by atoms with Gasteiger partial charge in [0.1, 0.15) is 5.75 Å². The lowest BCUT2D eigenvalue weighted by atomic mass is 9.81. The summed E-state index contributed by atoms with van der Waals surface area (Å²) in [6.07, 6.45) is 6.35. The first-order valence-electron chi connectivity index (χ1n) is 10.8. The first kappa shape index (κ1) is 20.0. The molecule has 2 aromatic rings. The van der Waals surface area contributed by atoms with Crippen molar-refractivity contribution in [1.29, 1.82) is 0 Å². The van der Waals surface area contributed by atoms with Crippen molar-refractivity contribution in [2.75, 3.05) is 40.0 Å². The molecule has 3 aliphatic heterocycles. The summed E-state index contributed by atoms with van der Waals surface area (Å²) in [5.74, 6) is 1.05. The summed E-state index contributed by atoms with van der Waals surface area (Å²) < 4.78 is 17.2. The van der Waals surface area contributed by atoms with Crippen molar-refractivity contribution in [2.45, 2.75) is 37.7 Å². The number of carbonyl (C=O) groups excluding carboxylic acids is 1. The molecule has 1 unspecified atom stereocenters. The number of likely N-dealkylation sites (tertiary alicyclic amines) is 1. The normalized spacial score (nSPS) is 23.2. The van der Waals surface area contributed by atoms with Crippen LogP contribution >= 0.6 is 11.3 Å². The summed E-state index contributed by atoms with van der Waals surface area (Å²) >= 11 is 1.82. The van der Waals surface area contributed by atoms with E-state index in [4.69, 9.17) is 14.2 Å². The van der Waals surface area contributed by atoms with Crippen LogP contribution in [0.25, 0.3) is 10.6 Å². The number of hydrogen-bond donors (Lipinski definition) is 0. The van der Waals surface area contributed by atoms with Gasteiger partial charge >= 0.3 is 0 Å². The van der Waals surface area contributed by atoms with Crippen LogP contribution in [0.3, 0.4) is 0 Å². The van der Waals surface area contributed by atoms with Crippen molar-refractivity contribution in [3.05, 3.63) is 34.8 Å². The second-order valence-corrected chi connectivity index (χ2v) is 9.50. The maximum atomic E-state index is 12.9. The van der Waals surface area contributed by atoms with E-state index >= 15 is 0 Å². The number of fused-ring (bicyclic) bond motifs is 2. The molecule has 3 aliphatic rings. The molecule has 0 N–H and O–H groups in total. The largest absolute Gasteiger partial charge is 0.495 e. The Morgan fingerprint density at radius 3 is 2.87 bits per heavy atom. The zero-order valence-electron chi connectivity index (χ0n) is 17.4. The zero-order valence-corrected chi connectivity index (χ0v) is 18.2. The molecule has 2 fully saturated rings. The molecule has 30 heavy (non-hydrogen) atoms. The minimum absolute atomic E-state index is 0.0320. The molecule has 0 bridgehead atoms. The molecule has 2 aromatic heterocycles. The van der Waals surface area contributed by atoms with Gasteiger partial charge in [-0.25, -0.2) is 0 Å². The van der Waals surface area contributed by atoms with E-state index in [9.17, 15) is 4.79 Å². The average Bonchev–Trinajstić information content (AvgIpc) is 3.26. The third kappa shape index (κ3) is 3.63. The smallest absolute Gasteiger partial charge is 0.228 e. The molecule has 5 heterocycles. The second kappa shape index (κ2) is 8.29. The van der Waals surface area contributed by atoms with Gasteiger partial charge in [0.25, 0.3) is 0 Å². The molecular formula is C23H28N2O4S. The predicted molar refractivity (Wildman–Crippen MR) is 115 cm³/mol. The van der Waals surface area contributed by atoms with Crippen molar-refractivity contribution < 1.29 is 19.0 Å². The van der Waals surface area contributed by atoms with E-state index in [1.807, 2.05) is 28.4 Å². The minimum Gasteiger partial charge on any atom is -0.495 e. The number of methoxy groups -OCH3 is 1. The van der Waals surface area contributed by atoms with E-state index in [1.165, 1.54) is 15.3 Å². The van der Waals surface area contributed by atoms with Crippen molar-refractivity contribution in [1.82, 2.24) is 9.88 Å². The SMILES string of the molecule is COc1ccc(-c2cc3c(s2)CCOC32CCN(C(=O)C3CCCOC3)CC2)nc1. The number of ether oxygens (including phenoxy) is 3. The van der Waals surface area contributed by atoms with Gasteiger partial charge in [-0.3, -0.25) is 9.78 Å². The molecule has 1 spiro atoms. The molecule has 5 rings (SSSR count). The van der Waals surface area contributed by atoms with E-state index in [2.05, 4.69) is 11.1 Å². The van der Waals surface area contributed by atoms with Crippen LogP contribution in [0, 0.1) is 5.92 Å². The lowest BCUT2D eigenvalue weighted by Crippen LogP contribution is -2.50. The maximum Gasteiger partial charge on any atom is 0.228 e. The Balaban J connectivity index is 1.33. The van der Waals surface area contributed by atoms with Gasteiger partial charge in [0.15, 0.2) is 0 Å². The van der Waals surface area contributed by atoms with Gasteiger partial charge in [-0.2, -0.15) is 0 Å². The molecule has 160 valence electrons. The van der Waals surface area contributed by atoms with Gasteiger partial charge in [0.2, 0.25) is 5.91 Å². The maximum absolute atomic E-state index is 12.9. The molecule has 0 aliphatic carbocycles. The van der Waals surface area contributed by atoms with Gasteiger partial charge in [-0.15, -0.1) is 11.3 Å². The minimum atomic E-state index is -0.269. The monoisotopic (exact) mass is 428 g/mol. The van der Waals surface area contributed by atoms with Crippen molar-refractivity contribution in [3.63, 3.8) is 0 Å². The summed E-state index contributed by atoms with van der Waals surface area (Å²) in [5, 5.41) is 0. The van der Waals surface area contributed by atoms with Gasteiger partial charge < -0.3 is 19.1 Å². The van der Waals surface area contributed by atoms with Crippen LogP contribution in [0.4, 0.5) is 0 Å². The Bertz CT molecular complexity index is 896. The fraction of sp³-hybridized carbons (Fsp3) is 0.565. The molecule has 0 saturated carbocycles. The Labute approximate surface area is 181 Å².